The van der Waals surface area contributed by atoms with Crippen molar-refractivity contribution in [3.63, 3.8) is 0 Å². The minimum Gasteiger partial charge on any atom is -0.311 e. The molecule has 0 aliphatic rings. The van der Waals surface area contributed by atoms with E-state index in [-0.39, 0.29) is 5.82 Å². The molecule has 0 N–H and O–H groups in total. The van der Waals surface area contributed by atoms with E-state index in [1.807, 2.05) is 23.8 Å². The summed E-state index contributed by atoms with van der Waals surface area (Å²) in [6, 6.07) is 8.56. The first-order valence-electron chi connectivity index (χ1n) is 6.79. The van der Waals surface area contributed by atoms with Gasteiger partial charge < -0.3 is 4.57 Å². The van der Waals surface area contributed by atoms with E-state index in [1.165, 1.54) is 12.1 Å². The topological polar surface area (TPSA) is 30.7 Å². The van der Waals surface area contributed by atoms with Gasteiger partial charge in [0.15, 0.2) is 5.65 Å². The maximum Gasteiger partial charge on any atom is 0.160 e. The Hall–Kier alpha value is -1.94. The van der Waals surface area contributed by atoms with Crippen molar-refractivity contribution in [2.75, 3.05) is 0 Å². The Morgan fingerprint density at radius 3 is 2.71 bits per heavy atom. The van der Waals surface area contributed by atoms with Gasteiger partial charge in [-0.2, -0.15) is 0 Å². The second kappa shape index (κ2) is 5.82. The van der Waals surface area contributed by atoms with Crippen LogP contribution in [-0.2, 0) is 18.8 Å². The maximum atomic E-state index is 12.9. The van der Waals surface area contributed by atoms with Crippen LogP contribution in [0.15, 0.2) is 36.5 Å². The second-order valence-electron chi connectivity index (χ2n) is 5.05. The molecule has 0 bridgehead atoms. The van der Waals surface area contributed by atoms with Gasteiger partial charge in [0.05, 0.1) is 5.88 Å². The summed E-state index contributed by atoms with van der Waals surface area (Å²) < 4.78 is 15.0. The summed E-state index contributed by atoms with van der Waals surface area (Å²) in [5, 5.41) is 0. The maximum absolute atomic E-state index is 12.9. The van der Waals surface area contributed by atoms with Gasteiger partial charge in [0.2, 0.25) is 0 Å². The van der Waals surface area contributed by atoms with E-state index >= 15 is 0 Å². The normalized spacial score (nSPS) is 11.2. The molecule has 0 spiro atoms. The van der Waals surface area contributed by atoms with Crippen molar-refractivity contribution in [1.82, 2.24) is 14.5 Å². The number of nitrogens with zero attached hydrogens (tertiary/aromatic N) is 3. The quantitative estimate of drug-likeness (QED) is 0.685. The summed E-state index contributed by atoms with van der Waals surface area (Å²) in [6.07, 6.45) is 2.61. The lowest BCUT2D eigenvalue weighted by Crippen LogP contribution is -2.06. The zero-order chi connectivity index (χ0) is 14.8. The highest BCUT2D eigenvalue weighted by molar-refractivity contribution is 6.16. The van der Waals surface area contributed by atoms with Crippen LogP contribution in [0, 0.1) is 12.7 Å². The Morgan fingerprint density at radius 2 is 2.00 bits per heavy atom. The molecule has 0 unspecified atom stereocenters. The number of imidazole rings is 1. The van der Waals surface area contributed by atoms with Crippen LogP contribution in [-0.4, -0.2) is 14.5 Å². The largest absolute Gasteiger partial charge is 0.311 e. The average molecular weight is 304 g/mol. The van der Waals surface area contributed by atoms with Crippen molar-refractivity contribution < 1.29 is 4.39 Å². The molecular weight excluding hydrogens is 289 g/mol. The van der Waals surface area contributed by atoms with Crippen molar-refractivity contribution in [1.29, 1.82) is 0 Å². The second-order valence-corrected chi connectivity index (χ2v) is 5.31. The minimum absolute atomic E-state index is 0.217. The molecule has 108 valence electrons. The first kappa shape index (κ1) is 14.0. The number of alkyl halides is 1. The predicted molar refractivity (Wildman–Crippen MR) is 81.9 cm³/mol. The molecule has 0 amide bonds. The lowest BCUT2D eigenvalue weighted by atomic mass is 10.1. The number of benzene rings is 1. The molecule has 21 heavy (non-hydrogen) atoms. The van der Waals surface area contributed by atoms with Crippen LogP contribution in [0.5, 0.6) is 0 Å². The molecule has 0 fully saturated rings. The number of aromatic nitrogens is 3. The zero-order valence-electron chi connectivity index (χ0n) is 11.7. The van der Waals surface area contributed by atoms with E-state index < -0.39 is 0 Å². The molecule has 0 saturated carbocycles. The minimum atomic E-state index is -0.217. The molecule has 3 nitrogen and oxygen atoms in total. The first-order valence-corrected chi connectivity index (χ1v) is 7.33. The summed E-state index contributed by atoms with van der Waals surface area (Å²) in [6.45, 7) is 2.71. The number of pyridine rings is 1. The Bertz CT molecular complexity index is 765. The third-order valence-electron chi connectivity index (χ3n) is 3.46. The van der Waals surface area contributed by atoms with E-state index in [4.69, 9.17) is 11.6 Å². The highest BCUT2D eigenvalue weighted by atomic mass is 35.5. The lowest BCUT2D eigenvalue weighted by Gasteiger charge is -2.07. The van der Waals surface area contributed by atoms with Crippen LogP contribution in [0.4, 0.5) is 4.39 Å². The van der Waals surface area contributed by atoms with Crippen molar-refractivity contribution in [3.8, 4) is 0 Å². The molecule has 1 aromatic carbocycles. The van der Waals surface area contributed by atoms with E-state index in [0.717, 1.165) is 41.1 Å². The monoisotopic (exact) mass is 303 g/mol. The summed E-state index contributed by atoms with van der Waals surface area (Å²) in [7, 11) is 0. The number of aryl methyl sites for hydroxylation is 3. The third-order valence-corrected chi connectivity index (χ3v) is 3.70. The number of fused-ring (bicyclic) bond motifs is 1. The Labute approximate surface area is 127 Å². The van der Waals surface area contributed by atoms with E-state index in [2.05, 4.69) is 9.97 Å². The zero-order valence-corrected chi connectivity index (χ0v) is 12.4. The van der Waals surface area contributed by atoms with Crippen molar-refractivity contribution in [2.45, 2.75) is 25.8 Å². The number of halogens is 2. The van der Waals surface area contributed by atoms with Crippen LogP contribution in [0.2, 0.25) is 0 Å². The molecular formula is C16H15ClFN3. The molecule has 0 radical (unpaired) electrons. The highest BCUT2D eigenvalue weighted by Gasteiger charge is 2.11. The third kappa shape index (κ3) is 2.90. The van der Waals surface area contributed by atoms with E-state index in [0.29, 0.717) is 5.88 Å². The molecule has 2 aromatic heterocycles. The van der Waals surface area contributed by atoms with Gasteiger partial charge in [-0.3, -0.25) is 0 Å². The number of hydrogen-bond donors (Lipinski definition) is 0. The fourth-order valence-electron chi connectivity index (χ4n) is 2.39. The lowest BCUT2D eigenvalue weighted by molar-refractivity contribution is 0.625. The van der Waals surface area contributed by atoms with Crippen molar-refractivity contribution >= 4 is 22.8 Å². The molecule has 3 rings (SSSR count). The number of hydrogen-bond acceptors (Lipinski definition) is 2. The summed E-state index contributed by atoms with van der Waals surface area (Å²) in [5.74, 6) is 0.941. The average Bonchev–Trinajstić information content (AvgIpc) is 2.83. The van der Waals surface area contributed by atoms with Gasteiger partial charge in [0, 0.05) is 12.7 Å². The first-order chi connectivity index (χ1) is 10.2. The molecule has 3 aromatic rings. The fourth-order valence-corrected chi connectivity index (χ4v) is 2.59. The van der Waals surface area contributed by atoms with Crippen LogP contribution >= 0.6 is 11.6 Å². The van der Waals surface area contributed by atoms with Gasteiger partial charge in [-0.15, -0.1) is 11.6 Å². The van der Waals surface area contributed by atoms with Crippen LogP contribution < -0.4 is 0 Å². The smallest absolute Gasteiger partial charge is 0.160 e. The molecule has 0 atom stereocenters. The fraction of sp³-hybridized carbons (Fsp3) is 0.250. The van der Waals surface area contributed by atoms with Gasteiger partial charge in [-0.1, -0.05) is 12.1 Å². The Morgan fingerprint density at radius 1 is 1.24 bits per heavy atom. The summed E-state index contributed by atoms with van der Waals surface area (Å²) >= 11 is 5.99. The van der Waals surface area contributed by atoms with Gasteiger partial charge in [-0.25, -0.2) is 14.4 Å². The predicted octanol–water partition coefficient (Wildman–Crippen LogP) is 3.86. The molecule has 0 aliphatic carbocycles. The van der Waals surface area contributed by atoms with Gasteiger partial charge in [-0.05, 0) is 42.7 Å². The molecule has 0 aliphatic heterocycles. The SMILES string of the molecule is Cc1cnc2c(c1)nc(CCl)n2CCc1ccc(F)cc1. The summed E-state index contributed by atoms with van der Waals surface area (Å²) in [5.41, 5.74) is 3.86. The van der Waals surface area contributed by atoms with E-state index in [1.54, 1.807) is 12.1 Å². The van der Waals surface area contributed by atoms with Gasteiger partial charge >= 0.3 is 0 Å². The number of rotatable bonds is 4. The molecule has 2 heterocycles. The van der Waals surface area contributed by atoms with Crippen molar-refractivity contribution in [2.24, 2.45) is 0 Å². The molecule has 0 saturated heterocycles. The Balaban J connectivity index is 1.90. The van der Waals surface area contributed by atoms with Crippen LogP contribution in [0.3, 0.4) is 0 Å². The van der Waals surface area contributed by atoms with Crippen molar-refractivity contribution in [3.05, 3.63) is 59.3 Å². The van der Waals surface area contributed by atoms with Gasteiger partial charge in [0.25, 0.3) is 0 Å². The highest BCUT2D eigenvalue weighted by Crippen LogP contribution is 2.17. The van der Waals surface area contributed by atoms with E-state index in [9.17, 15) is 4.39 Å². The van der Waals surface area contributed by atoms with Crippen LogP contribution in [0.1, 0.15) is 17.0 Å². The Kier molecular flexibility index (Phi) is 3.88. The van der Waals surface area contributed by atoms with Crippen LogP contribution in [0.25, 0.3) is 11.2 Å². The summed E-state index contributed by atoms with van der Waals surface area (Å²) in [4.78, 5) is 8.98. The van der Waals surface area contributed by atoms with Gasteiger partial charge in [0.1, 0.15) is 17.2 Å². The standard InChI is InChI=1S/C16H15ClFN3/c1-11-8-14-16(19-10-11)21(15(9-17)20-14)7-6-12-2-4-13(18)5-3-12/h2-5,8,10H,6-7,9H2,1H3. The molecule has 5 heteroatoms.